The molecule has 2 aliphatic rings. The minimum absolute atomic E-state index is 0.0123. The van der Waals surface area contributed by atoms with Crippen LogP contribution in [0.4, 0.5) is 0 Å². The Balaban J connectivity index is 1.69. The molecule has 0 amide bonds. The number of hydrogen-bond donors (Lipinski definition) is 2. The number of carboxylic acid groups (broad SMARTS) is 1. The number of ether oxygens (including phenoxy) is 1. The summed E-state index contributed by atoms with van der Waals surface area (Å²) in [6.45, 7) is 2.50. The Bertz CT molecular complexity index is 572. The van der Waals surface area contributed by atoms with Crippen molar-refractivity contribution in [1.82, 2.24) is 4.90 Å². The summed E-state index contributed by atoms with van der Waals surface area (Å²) < 4.78 is 5.61. The Morgan fingerprint density at radius 3 is 2.83 bits per heavy atom. The molecule has 1 saturated heterocycles. The van der Waals surface area contributed by atoms with Crippen molar-refractivity contribution >= 4 is 5.97 Å². The summed E-state index contributed by atoms with van der Waals surface area (Å²) in [4.78, 5) is 14.2. The predicted molar refractivity (Wildman–Crippen MR) is 90.9 cm³/mol. The van der Waals surface area contributed by atoms with E-state index in [4.69, 9.17) is 9.84 Å². The molecule has 2 fully saturated rings. The van der Waals surface area contributed by atoms with Crippen LogP contribution in [-0.2, 0) is 11.3 Å². The first-order valence-electron chi connectivity index (χ1n) is 8.90. The fraction of sp³-hybridized carbons (Fsp3) is 0.632. The summed E-state index contributed by atoms with van der Waals surface area (Å²) >= 11 is 0. The van der Waals surface area contributed by atoms with Crippen LogP contribution < -0.4 is 4.74 Å². The van der Waals surface area contributed by atoms with Crippen LogP contribution in [0.3, 0.4) is 0 Å². The van der Waals surface area contributed by atoms with Crippen LogP contribution in [0, 0.1) is 11.3 Å². The van der Waals surface area contributed by atoms with Crippen molar-refractivity contribution in [3.8, 4) is 5.75 Å². The Morgan fingerprint density at radius 2 is 2.12 bits per heavy atom. The van der Waals surface area contributed by atoms with E-state index >= 15 is 0 Å². The molecule has 0 radical (unpaired) electrons. The molecule has 5 nitrogen and oxygen atoms in total. The molecule has 0 bridgehead atoms. The van der Waals surface area contributed by atoms with E-state index < -0.39 is 11.4 Å². The van der Waals surface area contributed by atoms with Crippen molar-refractivity contribution in [1.29, 1.82) is 0 Å². The molecule has 1 atom stereocenters. The molecule has 1 aromatic rings. The Labute approximate surface area is 143 Å². The third-order valence-electron chi connectivity index (χ3n) is 5.20. The van der Waals surface area contributed by atoms with E-state index in [2.05, 4.69) is 4.90 Å². The molecule has 1 aromatic carbocycles. The summed E-state index contributed by atoms with van der Waals surface area (Å²) in [7, 11) is 0. The standard InChI is InChI=1S/C19H27NO4/c21-10-11-24-17-5-2-1-4-16(17)13-20-9-3-8-19(14-20,18(22)23)12-15-6-7-15/h1-2,4-5,15,21H,3,6-14H2,(H,22,23)/t19-/m1/s1. The van der Waals surface area contributed by atoms with Crippen LogP contribution in [0.5, 0.6) is 5.75 Å². The number of aliphatic carboxylic acids is 1. The normalized spacial score (nSPS) is 24.7. The number of likely N-dealkylation sites (tertiary alicyclic amines) is 1. The van der Waals surface area contributed by atoms with Crippen LogP contribution >= 0.6 is 0 Å². The molecule has 1 aliphatic heterocycles. The molecule has 0 unspecified atom stereocenters. The maximum absolute atomic E-state index is 12.0. The summed E-state index contributed by atoms with van der Waals surface area (Å²) in [5.74, 6) is 0.755. The van der Waals surface area contributed by atoms with Gasteiger partial charge in [-0.2, -0.15) is 0 Å². The van der Waals surface area contributed by atoms with Crippen LogP contribution in [0.15, 0.2) is 24.3 Å². The Morgan fingerprint density at radius 1 is 1.33 bits per heavy atom. The Kier molecular flexibility index (Phi) is 5.41. The van der Waals surface area contributed by atoms with Crippen molar-refractivity contribution in [2.75, 3.05) is 26.3 Å². The van der Waals surface area contributed by atoms with Gasteiger partial charge in [-0.1, -0.05) is 31.0 Å². The van der Waals surface area contributed by atoms with Crippen molar-refractivity contribution in [2.24, 2.45) is 11.3 Å². The van der Waals surface area contributed by atoms with E-state index in [-0.39, 0.29) is 13.2 Å². The van der Waals surface area contributed by atoms with Gasteiger partial charge in [0.2, 0.25) is 0 Å². The first-order chi connectivity index (χ1) is 11.6. The molecule has 0 aromatic heterocycles. The van der Waals surface area contributed by atoms with Gasteiger partial charge in [-0.15, -0.1) is 0 Å². The molecule has 0 spiro atoms. The maximum atomic E-state index is 12.0. The predicted octanol–water partition coefficient (Wildman–Crippen LogP) is 2.52. The largest absolute Gasteiger partial charge is 0.491 e. The minimum Gasteiger partial charge on any atom is -0.491 e. The second-order valence-electron chi connectivity index (χ2n) is 7.23. The van der Waals surface area contributed by atoms with Gasteiger partial charge in [0.25, 0.3) is 0 Å². The molecule has 5 heteroatoms. The molecule has 1 saturated carbocycles. The first-order valence-corrected chi connectivity index (χ1v) is 8.90. The van der Waals surface area contributed by atoms with Crippen LogP contribution in [0.2, 0.25) is 0 Å². The highest BCUT2D eigenvalue weighted by atomic mass is 16.5. The van der Waals surface area contributed by atoms with Crippen LogP contribution in [0.1, 0.15) is 37.7 Å². The van der Waals surface area contributed by atoms with Gasteiger partial charge in [-0.05, 0) is 37.8 Å². The monoisotopic (exact) mass is 333 g/mol. The van der Waals surface area contributed by atoms with Crippen LogP contribution in [-0.4, -0.2) is 47.4 Å². The fourth-order valence-electron chi connectivity index (χ4n) is 3.84. The molecular formula is C19H27NO4. The highest BCUT2D eigenvalue weighted by molar-refractivity contribution is 5.75. The number of rotatable bonds is 8. The molecule has 132 valence electrons. The van der Waals surface area contributed by atoms with Gasteiger partial charge in [0.05, 0.1) is 12.0 Å². The third kappa shape index (κ3) is 4.08. The van der Waals surface area contributed by atoms with E-state index in [0.717, 1.165) is 37.1 Å². The lowest BCUT2D eigenvalue weighted by Crippen LogP contribution is -2.47. The highest BCUT2D eigenvalue weighted by Gasteiger charge is 2.45. The summed E-state index contributed by atoms with van der Waals surface area (Å²) in [6, 6.07) is 7.81. The lowest BCUT2D eigenvalue weighted by molar-refractivity contribution is -0.153. The number of para-hydroxylation sites is 1. The number of hydrogen-bond acceptors (Lipinski definition) is 4. The SMILES string of the molecule is O=C(O)[C@@]1(CC2CC2)CCCN(Cc2ccccc2OCCO)C1. The van der Waals surface area contributed by atoms with E-state index in [1.54, 1.807) is 0 Å². The molecule has 3 rings (SSSR count). The average Bonchev–Trinajstić information content (AvgIpc) is 3.38. The Hall–Kier alpha value is -1.59. The number of aliphatic hydroxyl groups excluding tert-OH is 1. The second-order valence-corrected chi connectivity index (χ2v) is 7.23. The molecular weight excluding hydrogens is 306 g/mol. The van der Waals surface area contributed by atoms with E-state index in [0.29, 0.717) is 19.0 Å². The smallest absolute Gasteiger partial charge is 0.310 e. The van der Waals surface area contributed by atoms with Gasteiger partial charge >= 0.3 is 5.97 Å². The zero-order chi connectivity index (χ0) is 17.0. The second kappa shape index (κ2) is 7.53. The lowest BCUT2D eigenvalue weighted by Gasteiger charge is -2.40. The van der Waals surface area contributed by atoms with Crippen molar-refractivity contribution in [3.05, 3.63) is 29.8 Å². The van der Waals surface area contributed by atoms with E-state index in [9.17, 15) is 9.90 Å². The van der Waals surface area contributed by atoms with Gasteiger partial charge in [0.15, 0.2) is 0 Å². The molecule has 1 aliphatic carbocycles. The van der Waals surface area contributed by atoms with E-state index in [1.165, 1.54) is 12.8 Å². The van der Waals surface area contributed by atoms with E-state index in [1.807, 2.05) is 24.3 Å². The van der Waals surface area contributed by atoms with Gasteiger partial charge in [0.1, 0.15) is 12.4 Å². The number of carboxylic acids is 1. The number of aliphatic hydroxyl groups is 1. The van der Waals surface area contributed by atoms with Crippen molar-refractivity contribution in [2.45, 2.75) is 38.6 Å². The van der Waals surface area contributed by atoms with Gasteiger partial charge in [0, 0.05) is 18.7 Å². The van der Waals surface area contributed by atoms with Crippen molar-refractivity contribution in [3.63, 3.8) is 0 Å². The van der Waals surface area contributed by atoms with Gasteiger partial charge < -0.3 is 14.9 Å². The van der Waals surface area contributed by atoms with Gasteiger partial charge in [-0.3, -0.25) is 9.69 Å². The quantitative estimate of drug-likeness (QED) is 0.765. The third-order valence-corrected chi connectivity index (χ3v) is 5.20. The zero-order valence-electron chi connectivity index (χ0n) is 14.1. The van der Waals surface area contributed by atoms with Crippen LogP contribution in [0.25, 0.3) is 0 Å². The molecule has 2 N–H and O–H groups in total. The summed E-state index contributed by atoms with van der Waals surface area (Å²) in [5.41, 5.74) is 0.471. The highest BCUT2D eigenvalue weighted by Crippen LogP contribution is 2.45. The lowest BCUT2D eigenvalue weighted by atomic mass is 9.75. The number of piperidine rings is 1. The number of benzene rings is 1. The zero-order valence-corrected chi connectivity index (χ0v) is 14.1. The maximum Gasteiger partial charge on any atom is 0.310 e. The average molecular weight is 333 g/mol. The summed E-state index contributed by atoms with van der Waals surface area (Å²) in [6.07, 6.45) is 4.91. The number of nitrogens with zero attached hydrogens (tertiary/aromatic N) is 1. The first kappa shape index (κ1) is 17.2. The minimum atomic E-state index is -0.635. The summed E-state index contributed by atoms with van der Waals surface area (Å²) in [5, 5.41) is 18.8. The topological polar surface area (TPSA) is 70.0 Å². The molecule has 24 heavy (non-hydrogen) atoms. The van der Waals surface area contributed by atoms with Crippen molar-refractivity contribution < 1.29 is 19.7 Å². The van der Waals surface area contributed by atoms with Gasteiger partial charge in [-0.25, -0.2) is 0 Å². The number of carbonyl (C=O) groups is 1. The fourth-order valence-corrected chi connectivity index (χ4v) is 3.84. The molecule has 1 heterocycles.